The van der Waals surface area contributed by atoms with Crippen LogP contribution >= 0.6 is 0 Å². The smallest absolute Gasteiger partial charge is 0.294 e. The van der Waals surface area contributed by atoms with Crippen molar-refractivity contribution in [1.82, 2.24) is 0 Å². The number of hydrogen-bond acceptors (Lipinski definition) is 6. The van der Waals surface area contributed by atoms with E-state index in [9.17, 15) is 10.1 Å². The molecule has 0 aliphatic carbocycles. The Bertz CT molecular complexity index is 487. The Morgan fingerprint density at radius 3 is 3.00 bits per heavy atom. The molecule has 0 amide bonds. The second-order valence-electron chi connectivity index (χ2n) is 4.48. The number of epoxide rings is 1. The molecule has 7 nitrogen and oxygen atoms in total. The summed E-state index contributed by atoms with van der Waals surface area (Å²) in [4.78, 5) is 14.9. The van der Waals surface area contributed by atoms with Gasteiger partial charge in [-0.15, -0.1) is 10.1 Å². The van der Waals surface area contributed by atoms with Gasteiger partial charge < -0.3 is 19.0 Å². The van der Waals surface area contributed by atoms with Gasteiger partial charge in [0.05, 0.1) is 6.61 Å². The molecule has 2 aliphatic heterocycles. The van der Waals surface area contributed by atoms with Gasteiger partial charge in [0, 0.05) is 12.0 Å². The number of fused-ring (bicyclic) bond motifs is 1. The summed E-state index contributed by atoms with van der Waals surface area (Å²) in [6.45, 7) is 1.37. The molecule has 19 heavy (non-hydrogen) atoms. The lowest BCUT2D eigenvalue weighted by atomic mass is 10.0. The minimum atomic E-state index is -0.788. The van der Waals surface area contributed by atoms with Crippen molar-refractivity contribution < 1.29 is 24.1 Å². The molecular formula is C12H13NO6. The van der Waals surface area contributed by atoms with Gasteiger partial charge in [-0.1, -0.05) is 12.1 Å². The van der Waals surface area contributed by atoms with E-state index in [4.69, 9.17) is 14.2 Å². The Kier molecular flexibility index (Phi) is 3.12. The highest BCUT2D eigenvalue weighted by molar-refractivity contribution is 5.48. The molecule has 0 spiro atoms. The van der Waals surface area contributed by atoms with Crippen LogP contribution in [-0.4, -0.2) is 37.1 Å². The lowest BCUT2D eigenvalue weighted by Gasteiger charge is -2.25. The number of para-hydroxylation sites is 1. The summed E-state index contributed by atoms with van der Waals surface area (Å²) in [6, 6.07) is 5.50. The number of ether oxygens (including phenoxy) is 3. The second kappa shape index (κ2) is 4.93. The van der Waals surface area contributed by atoms with Crippen molar-refractivity contribution in [3.8, 4) is 11.5 Å². The molecule has 1 fully saturated rings. The van der Waals surface area contributed by atoms with Crippen LogP contribution in [0.5, 0.6) is 11.5 Å². The van der Waals surface area contributed by atoms with Crippen LogP contribution in [0.15, 0.2) is 18.2 Å². The standard InChI is InChI=1S/C12H13NO6/c14-13(15)19-9-4-8-2-1-3-11(12(8)18-5-9)17-7-10-6-16-10/h1-3,9-10H,4-7H2/t9-,10?/m1/s1. The molecule has 1 saturated heterocycles. The van der Waals surface area contributed by atoms with E-state index in [0.29, 0.717) is 24.5 Å². The molecule has 1 aromatic rings. The normalized spacial score (nSPS) is 24.0. The van der Waals surface area contributed by atoms with Gasteiger partial charge in [0.1, 0.15) is 25.4 Å². The van der Waals surface area contributed by atoms with Gasteiger partial charge in [-0.2, -0.15) is 0 Å². The monoisotopic (exact) mass is 267 g/mol. The Morgan fingerprint density at radius 2 is 2.26 bits per heavy atom. The lowest BCUT2D eigenvalue weighted by Crippen LogP contribution is -2.31. The summed E-state index contributed by atoms with van der Waals surface area (Å²) >= 11 is 0. The van der Waals surface area contributed by atoms with Gasteiger partial charge in [0.25, 0.3) is 5.09 Å². The highest BCUT2D eigenvalue weighted by Crippen LogP contribution is 2.35. The van der Waals surface area contributed by atoms with Crippen molar-refractivity contribution in [2.45, 2.75) is 18.6 Å². The van der Waals surface area contributed by atoms with E-state index >= 15 is 0 Å². The maximum Gasteiger partial charge on any atom is 0.294 e. The first-order valence-corrected chi connectivity index (χ1v) is 6.02. The first-order chi connectivity index (χ1) is 9.22. The number of hydrogen-bond donors (Lipinski definition) is 0. The minimum Gasteiger partial charge on any atom is -0.487 e. The molecule has 1 aromatic carbocycles. The molecule has 2 aliphatic rings. The van der Waals surface area contributed by atoms with Crippen LogP contribution in [0.1, 0.15) is 5.56 Å². The van der Waals surface area contributed by atoms with Crippen molar-refractivity contribution in [2.75, 3.05) is 19.8 Å². The molecule has 0 radical (unpaired) electrons. The average molecular weight is 267 g/mol. The zero-order valence-electron chi connectivity index (χ0n) is 10.1. The fourth-order valence-corrected chi connectivity index (χ4v) is 2.02. The lowest BCUT2D eigenvalue weighted by molar-refractivity contribution is -0.769. The van der Waals surface area contributed by atoms with Crippen molar-refractivity contribution in [3.63, 3.8) is 0 Å². The Morgan fingerprint density at radius 1 is 1.42 bits per heavy atom. The summed E-state index contributed by atoms with van der Waals surface area (Å²) in [7, 11) is 0. The topological polar surface area (TPSA) is 83.4 Å². The summed E-state index contributed by atoms with van der Waals surface area (Å²) in [5, 5.41) is 9.53. The van der Waals surface area contributed by atoms with Crippen LogP contribution in [0.25, 0.3) is 0 Å². The van der Waals surface area contributed by atoms with Crippen LogP contribution in [-0.2, 0) is 16.0 Å². The Hall–Kier alpha value is -2.02. The molecule has 0 saturated carbocycles. The maximum absolute atomic E-state index is 10.3. The molecule has 102 valence electrons. The fraction of sp³-hybridized carbons (Fsp3) is 0.500. The number of rotatable bonds is 5. The predicted octanol–water partition coefficient (Wildman–Crippen LogP) is 0.976. The zero-order valence-corrected chi connectivity index (χ0v) is 10.1. The van der Waals surface area contributed by atoms with Crippen LogP contribution in [0.2, 0.25) is 0 Å². The van der Waals surface area contributed by atoms with Crippen LogP contribution in [0.4, 0.5) is 0 Å². The van der Waals surface area contributed by atoms with Gasteiger partial charge in [0.15, 0.2) is 11.5 Å². The molecule has 0 N–H and O–H groups in total. The summed E-state index contributed by atoms with van der Waals surface area (Å²) in [5.74, 6) is 1.29. The highest BCUT2D eigenvalue weighted by atomic mass is 17.0. The van der Waals surface area contributed by atoms with Gasteiger partial charge in [-0.25, -0.2) is 0 Å². The Balaban J connectivity index is 1.70. The quantitative estimate of drug-likeness (QED) is 0.449. The zero-order chi connectivity index (χ0) is 13.2. The summed E-state index contributed by atoms with van der Waals surface area (Å²) in [5.41, 5.74) is 0.854. The van der Waals surface area contributed by atoms with Crippen molar-refractivity contribution in [1.29, 1.82) is 0 Å². The van der Waals surface area contributed by atoms with Crippen molar-refractivity contribution >= 4 is 0 Å². The third-order valence-electron chi connectivity index (χ3n) is 2.98. The Labute approximate surface area is 109 Å². The van der Waals surface area contributed by atoms with E-state index in [1.165, 1.54) is 0 Å². The van der Waals surface area contributed by atoms with Crippen LogP contribution in [0, 0.1) is 10.1 Å². The van der Waals surface area contributed by atoms with Crippen LogP contribution < -0.4 is 9.47 Å². The predicted molar refractivity (Wildman–Crippen MR) is 62.7 cm³/mol. The van der Waals surface area contributed by atoms with E-state index in [-0.39, 0.29) is 12.7 Å². The van der Waals surface area contributed by atoms with E-state index in [2.05, 4.69) is 4.84 Å². The molecule has 3 rings (SSSR count). The molecule has 0 aromatic heterocycles. The SMILES string of the molecule is O=[N+]([O-])O[C@H]1COc2c(cccc2OCC2CO2)C1. The van der Waals surface area contributed by atoms with E-state index in [1.54, 1.807) is 0 Å². The summed E-state index contributed by atoms with van der Waals surface area (Å²) in [6.07, 6.45) is 0.0440. The maximum atomic E-state index is 10.3. The van der Waals surface area contributed by atoms with Crippen LogP contribution in [0.3, 0.4) is 0 Å². The average Bonchev–Trinajstić information content (AvgIpc) is 3.19. The third kappa shape index (κ3) is 2.87. The van der Waals surface area contributed by atoms with Gasteiger partial charge in [-0.3, -0.25) is 0 Å². The van der Waals surface area contributed by atoms with E-state index in [1.807, 2.05) is 18.2 Å². The first kappa shape index (κ1) is 12.0. The molecule has 1 unspecified atom stereocenters. The third-order valence-corrected chi connectivity index (χ3v) is 2.98. The number of benzene rings is 1. The van der Waals surface area contributed by atoms with Gasteiger partial charge >= 0.3 is 0 Å². The highest BCUT2D eigenvalue weighted by Gasteiger charge is 2.27. The molecule has 7 heteroatoms. The largest absolute Gasteiger partial charge is 0.487 e. The van der Waals surface area contributed by atoms with E-state index in [0.717, 1.165) is 12.2 Å². The van der Waals surface area contributed by atoms with E-state index < -0.39 is 11.2 Å². The summed E-state index contributed by atoms with van der Waals surface area (Å²) < 4.78 is 16.2. The van der Waals surface area contributed by atoms with Gasteiger partial charge in [-0.05, 0) is 6.07 Å². The number of nitrogens with zero attached hydrogens (tertiary/aromatic N) is 1. The minimum absolute atomic E-state index is 0.147. The van der Waals surface area contributed by atoms with Crippen molar-refractivity contribution in [2.24, 2.45) is 0 Å². The molecule has 0 bridgehead atoms. The van der Waals surface area contributed by atoms with Gasteiger partial charge in [0.2, 0.25) is 0 Å². The fourth-order valence-electron chi connectivity index (χ4n) is 2.02. The molecule has 2 heterocycles. The van der Waals surface area contributed by atoms with Crippen molar-refractivity contribution in [3.05, 3.63) is 33.9 Å². The first-order valence-electron chi connectivity index (χ1n) is 6.02. The molecular weight excluding hydrogens is 254 g/mol. The molecule has 2 atom stereocenters. The second-order valence-corrected chi connectivity index (χ2v) is 4.48.